The minimum Gasteiger partial charge on any atom is -0.371 e. The molecule has 0 aliphatic carbocycles. The SMILES string of the molecule is CC1CC(C)CN(c2ccc(N/C=C3/C(=O)Nc4ccc(F)cc43)cc2C(F)(F)F)C1. The van der Waals surface area contributed by atoms with Crippen molar-refractivity contribution in [2.75, 3.05) is 28.6 Å². The molecule has 1 amide bonds. The topological polar surface area (TPSA) is 44.4 Å². The standard InChI is InChI=1S/C23H23F4N3O/c1-13-7-14(2)12-30(11-13)21-6-4-16(9-19(21)23(25,26)27)28-10-18-17-8-15(24)3-5-20(17)29-22(18)31/h3-6,8-10,13-14,28H,7,11-12H2,1-2H3,(H,29,31)/b18-10+. The fourth-order valence-corrected chi connectivity index (χ4v) is 4.45. The Kier molecular flexibility index (Phi) is 5.41. The lowest BCUT2D eigenvalue weighted by molar-refractivity contribution is -0.137. The highest BCUT2D eigenvalue weighted by Gasteiger charge is 2.36. The van der Waals surface area contributed by atoms with Gasteiger partial charge in [0.25, 0.3) is 5.91 Å². The molecule has 0 bridgehead atoms. The third-order valence-electron chi connectivity index (χ3n) is 5.66. The Morgan fingerprint density at radius 3 is 2.48 bits per heavy atom. The molecule has 2 N–H and O–H groups in total. The van der Waals surface area contributed by atoms with Crippen LogP contribution in [-0.2, 0) is 11.0 Å². The van der Waals surface area contributed by atoms with Crippen molar-refractivity contribution in [3.8, 4) is 0 Å². The molecule has 0 saturated carbocycles. The number of carbonyl (C=O) groups is 1. The zero-order valence-corrected chi connectivity index (χ0v) is 17.2. The van der Waals surface area contributed by atoms with E-state index in [9.17, 15) is 22.4 Å². The molecule has 2 aromatic rings. The molecule has 0 aromatic heterocycles. The van der Waals surface area contributed by atoms with Crippen LogP contribution in [0.2, 0.25) is 0 Å². The number of hydrogen-bond donors (Lipinski definition) is 2. The van der Waals surface area contributed by atoms with E-state index in [1.807, 2.05) is 13.8 Å². The van der Waals surface area contributed by atoms with Crippen molar-refractivity contribution < 1.29 is 22.4 Å². The van der Waals surface area contributed by atoms with Crippen molar-refractivity contribution in [2.24, 2.45) is 11.8 Å². The van der Waals surface area contributed by atoms with E-state index in [2.05, 4.69) is 10.6 Å². The average molecular weight is 433 g/mol. The minimum absolute atomic E-state index is 0.158. The van der Waals surface area contributed by atoms with Gasteiger partial charge in [0.2, 0.25) is 0 Å². The first-order valence-electron chi connectivity index (χ1n) is 10.2. The predicted molar refractivity (Wildman–Crippen MR) is 113 cm³/mol. The maximum Gasteiger partial charge on any atom is 0.418 e. The molecular formula is C23H23F4N3O. The molecule has 164 valence electrons. The maximum atomic E-state index is 13.8. The molecule has 8 heteroatoms. The summed E-state index contributed by atoms with van der Waals surface area (Å²) in [6.45, 7) is 5.25. The van der Waals surface area contributed by atoms with Crippen molar-refractivity contribution in [3.05, 3.63) is 59.5 Å². The van der Waals surface area contributed by atoms with E-state index in [0.717, 1.165) is 12.5 Å². The minimum atomic E-state index is -4.52. The molecule has 1 fully saturated rings. The molecular weight excluding hydrogens is 410 g/mol. The smallest absolute Gasteiger partial charge is 0.371 e. The normalized spacial score (nSPS) is 22.5. The van der Waals surface area contributed by atoms with Gasteiger partial charge in [-0.2, -0.15) is 13.2 Å². The van der Waals surface area contributed by atoms with Gasteiger partial charge in [-0.05, 0) is 54.7 Å². The number of piperidine rings is 1. The van der Waals surface area contributed by atoms with Crippen LogP contribution in [-0.4, -0.2) is 19.0 Å². The lowest BCUT2D eigenvalue weighted by atomic mass is 9.91. The zero-order chi connectivity index (χ0) is 22.3. The summed E-state index contributed by atoms with van der Waals surface area (Å²) in [6, 6.07) is 7.97. The second kappa shape index (κ2) is 7.90. The van der Waals surface area contributed by atoms with Gasteiger partial charge in [0.15, 0.2) is 0 Å². The lowest BCUT2D eigenvalue weighted by Gasteiger charge is -2.38. The van der Waals surface area contributed by atoms with Gasteiger partial charge < -0.3 is 15.5 Å². The van der Waals surface area contributed by atoms with Crippen molar-refractivity contribution >= 4 is 28.5 Å². The highest BCUT2D eigenvalue weighted by Crippen LogP contribution is 2.40. The number of benzene rings is 2. The van der Waals surface area contributed by atoms with Crippen molar-refractivity contribution in [1.29, 1.82) is 0 Å². The van der Waals surface area contributed by atoms with Gasteiger partial charge in [0.1, 0.15) is 5.82 Å². The molecule has 2 atom stereocenters. The van der Waals surface area contributed by atoms with Crippen LogP contribution in [0.3, 0.4) is 0 Å². The number of amides is 1. The number of fused-ring (bicyclic) bond motifs is 1. The Balaban J connectivity index is 1.64. The fourth-order valence-electron chi connectivity index (χ4n) is 4.45. The Morgan fingerprint density at radius 2 is 1.81 bits per heavy atom. The summed E-state index contributed by atoms with van der Waals surface area (Å²) in [6.07, 6.45) is -2.22. The molecule has 2 heterocycles. The summed E-state index contributed by atoms with van der Waals surface area (Å²) in [7, 11) is 0. The Morgan fingerprint density at radius 1 is 1.10 bits per heavy atom. The summed E-state index contributed by atoms with van der Waals surface area (Å²) in [4.78, 5) is 14.0. The van der Waals surface area contributed by atoms with Crippen LogP contribution in [0.5, 0.6) is 0 Å². The molecule has 4 rings (SSSR count). The Hall–Kier alpha value is -3.03. The molecule has 2 unspecified atom stereocenters. The summed E-state index contributed by atoms with van der Waals surface area (Å²) in [5.41, 5.74) is 0.611. The Labute approximate surface area is 177 Å². The monoisotopic (exact) mass is 433 g/mol. The van der Waals surface area contributed by atoms with E-state index in [4.69, 9.17) is 0 Å². The Bertz CT molecular complexity index is 1040. The number of hydrogen-bond acceptors (Lipinski definition) is 3. The van der Waals surface area contributed by atoms with Crippen LogP contribution in [0.1, 0.15) is 31.4 Å². The molecule has 2 aliphatic rings. The van der Waals surface area contributed by atoms with E-state index >= 15 is 0 Å². The number of anilines is 3. The van der Waals surface area contributed by atoms with E-state index in [1.165, 1.54) is 30.5 Å². The van der Waals surface area contributed by atoms with Gasteiger partial charge in [0.05, 0.1) is 11.1 Å². The number of rotatable bonds is 3. The van der Waals surface area contributed by atoms with Crippen LogP contribution in [0, 0.1) is 17.7 Å². The van der Waals surface area contributed by atoms with E-state index in [1.54, 1.807) is 11.0 Å². The van der Waals surface area contributed by atoms with Crippen LogP contribution in [0.15, 0.2) is 42.6 Å². The first-order valence-corrected chi connectivity index (χ1v) is 10.2. The highest BCUT2D eigenvalue weighted by atomic mass is 19.4. The molecule has 0 spiro atoms. The molecule has 31 heavy (non-hydrogen) atoms. The summed E-state index contributed by atoms with van der Waals surface area (Å²) < 4.78 is 55.1. The lowest BCUT2D eigenvalue weighted by Crippen LogP contribution is -2.39. The number of nitrogens with one attached hydrogen (secondary N) is 2. The van der Waals surface area contributed by atoms with Crippen LogP contribution < -0.4 is 15.5 Å². The van der Waals surface area contributed by atoms with Crippen molar-refractivity contribution in [1.82, 2.24) is 0 Å². The van der Waals surface area contributed by atoms with Gasteiger partial charge in [0, 0.05) is 41.9 Å². The van der Waals surface area contributed by atoms with E-state index < -0.39 is 23.5 Å². The van der Waals surface area contributed by atoms with E-state index in [0.29, 0.717) is 36.2 Å². The molecule has 4 nitrogen and oxygen atoms in total. The largest absolute Gasteiger partial charge is 0.418 e. The van der Waals surface area contributed by atoms with Gasteiger partial charge in [-0.25, -0.2) is 4.39 Å². The average Bonchev–Trinajstić information content (AvgIpc) is 2.99. The number of halogens is 4. The highest BCUT2D eigenvalue weighted by molar-refractivity contribution is 6.31. The van der Waals surface area contributed by atoms with Crippen LogP contribution >= 0.6 is 0 Å². The van der Waals surface area contributed by atoms with Crippen molar-refractivity contribution in [2.45, 2.75) is 26.4 Å². The number of alkyl halides is 3. The number of nitrogens with zero attached hydrogens (tertiary/aromatic N) is 1. The molecule has 2 aromatic carbocycles. The van der Waals surface area contributed by atoms with Gasteiger partial charge >= 0.3 is 6.18 Å². The second-order valence-corrected chi connectivity index (χ2v) is 8.43. The fraction of sp³-hybridized carbons (Fsp3) is 0.348. The summed E-state index contributed by atoms with van der Waals surface area (Å²) in [5.74, 6) is -0.325. The van der Waals surface area contributed by atoms with Crippen LogP contribution in [0.4, 0.5) is 34.6 Å². The first-order chi connectivity index (χ1) is 14.6. The predicted octanol–water partition coefficient (Wildman–Crippen LogP) is 5.73. The summed E-state index contributed by atoms with van der Waals surface area (Å²) in [5, 5.41) is 5.38. The first kappa shape index (κ1) is 21.2. The second-order valence-electron chi connectivity index (χ2n) is 8.43. The summed E-state index contributed by atoms with van der Waals surface area (Å²) >= 11 is 0. The van der Waals surface area contributed by atoms with E-state index in [-0.39, 0.29) is 16.9 Å². The van der Waals surface area contributed by atoms with Gasteiger partial charge in [-0.1, -0.05) is 13.8 Å². The van der Waals surface area contributed by atoms with Gasteiger partial charge in [-0.15, -0.1) is 0 Å². The zero-order valence-electron chi connectivity index (χ0n) is 17.2. The van der Waals surface area contributed by atoms with Crippen molar-refractivity contribution in [3.63, 3.8) is 0 Å². The third-order valence-corrected chi connectivity index (χ3v) is 5.66. The molecule has 1 saturated heterocycles. The molecule has 0 radical (unpaired) electrons. The number of carbonyl (C=O) groups excluding carboxylic acids is 1. The maximum absolute atomic E-state index is 13.8. The van der Waals surface area contributed by atoms with Crippen LogP contribution in [0.25, 0.3) is 5.57 Å². The molecule has 2 aliphatic heterocycles. The quantitative estimate of drug-likeness (QED) is 0.480. The third kappa shape index (κ3) is 4.38. The van der Waals surface area contributed by atoms with Gasteiger partial charge in [-0.3, -0.25) is 4.79 Å².